The zero-order valence-corrected chi connectivity index (χ0v) is 5.77. The first-order valence-electron chi connectivity index (χ1n) is 2.57. The first kappa shape index (κ1) is 6.42. The molecule has 1 aliphatic heterocycles. The van der Waals surface area contributed by atoms with Gasteiger partial charge in [-0.05, 0) is 0 Å². The van der Waals surface area contributed by atoms with E-state index in [2.05, 4.69) is 5.43 Å². The number of hydrogen-bond acceptors (Lipinski definition) is 2. The molecule has 1 aliphatic rings. The highest BCUT2D eigenvalue weighted by Crippen LogP contribution is 2.10. The van der Waals surface area contributed by atoms with Crippen LogP contribution in [0.1, 0.15) is 6.42 Å². The van der Waals surface area contributed by atoms with E-state index in [0.29, 0.717) is 11.5 Å². The van der Waals surface area contributed by atoms with Crippen LogP contribution in [0.15, 0.2) is 11.2 Å². The molecule has 0 atom stereocenters. The molecule has 3 nitrogen and oxygen atoms in total. The van der Waals surface area contributed by atoms with E-state index in [1.165, 1.54) is 5.01 Å². The Morgan fingerprint density at radius 2 is 2.56 bits per heavy atom. The SMILES string of the molecule is CN1NC=C(Cl)CC1=O. The van der Waals surface area contributed by atoms with Crippen molar-refractivity contribution in [3.05, 3.63) is 11.2 Å². The van der Waals surface area contributed by atoms with Crippen molar-refractivity contribution in [1.82, 2.24) is 10.4 Å². The lowest BCUT2D eigenvalue weighted by Crippen LogP contribution is -2.39. The number of amides is 1. The summed E-state index contributed by atoms with van der Waals surface area (Å²) in [6.07, 6.45) is 1.91. The highest BCUT2D eigenvalue weighted by atomic mass is 35.5. The zero-order valence-electron chi connectivity index (χ0n) is 5.02. The van der Waals surface area contributed by atoms with Gasteiger partial charge in [-0.15, -0.1) is 0 Å². The van der Waals surface area contributed by atoms with Gasteiger partial charge in [-0.1, -0.05) is 11.6 Å². The molecule has 0 unspecified atom stereocenters. The number of halogens is 1. The van der Waals surface area contributed by atoms with Crippen LogP contribution >= 0.6 is 11.6 Å². The molecule has 0 saturated carbocycles. The van der Waals surface area contributed by atoms with Crippen LogP contribution in [0, 0.1) is 0 Å². The van der Waals surface area contributed by atoms with Crippen molar-refractivity contribution in [1.29, 1.82) is 0 Å². The van der Waals surface area contributed by atoms with E-state index in [1.54, 1.807) is 13.2 Å². The Labute approximate surface area is 58.2 Å². The Kier molecular flexibility index (Phi) is 1.62. The molecule has 0 aromatic rings. The van der Waals surface area contributed by atoms with Gasteiger partial charge < -0.3 is 5.43 Å². The van der Waals surface area contributed by atoms with Crippen molar-refractivity contribution < 1.29 is 4.79 Å². The molecule has 4 heteroatoms. The predicted molar refractivity (Wildman–Crippen MR) is 34.5 cm³/mol. The van der Waals surface area contributed by atoms with Crippen molar-refractivity contribution in [2.45, 2.75) is 6.42 Å². The molecule has 1 amide bonds. The topological polar surface area (TPSA) is 32.3 Å². The largest absolute Gasteiger partial charge is 0.302 e. The second-order valence-corrected chi connectivity index (χ2v) is 2.34. The molecule has 1 heterocycles. The van der Waals surface area contributed by atoms with Crippen LogP contribution in [0.4, 0.5) is 0 Å². The van der Waals surface area contributed by atoms with E-state index < -0.39 is 0 Å². The first-order valence-corrected chi connectivity index (χ1v) is 2.95. The number of hydrazine groups is 1. The molecule has 0 aliphatic carbocycles. The summed E-state index contributed by atoms with van der Waals surface area (Å²) in [4.78, 5) is 10.7. The van der Waals surface area contributed by atoms with Crippen molar-refractivity contribution in [2.75, 3.05) is 7.05 Å². The summed E-state index contributed by atoms with van der Waals surface area (Å²) in [7, 11) is 1.65. The summed E-state index contributed by atoms with van der Waals surface area (Å²) in [6.45, 7) is 0. The quantitative estimate of drug-likeness (QED) is 0.538. The molecular weight excluding hydrogens is 140 g/mol. The molecule has 50 valence electrons. The van der Waals surface area contributed by atoms with Crippen LogP contribution < -0.4 is 5.43 Å². The van der Waals surface area contributed by atoms with Gasteiger partial charge >= 0.3 is 0 Å². The Bertz CT molecular complexity index is 166. The average Bonchev–Trinajstić information content (AvgIpc) is 1.80. The molecule has 0 aromatic heterocycles. The maximum absolute atomic E-state index is 10.7. The molecule has 0 spiro atoms. The normalized spacial score (nSPS) is 19.1. The number of carbonyl (C=O) groups excluding carboxylic acids is 1. The fourth-order valence-corrected chi connectivity index (χ4v) is 0.716. The number of nitrogens with one attached hydrogen (secondary N) is 1. The minimum Gasteiger partial charge on any atom is -0.302 e. The monoisotopic (exact) mass is 146 g/mol. The van der Waals surface area contributed by atoms with Crippen LogP contribution in [-0.4, -0.2) is 18.0 Å². The summed E-state index contributed by atoms with van der Waals surface area (Å²) in [6, 6.07) is 0. The molecule has 1 rings (SSSR count). The van der Waals surface area contributed by atoms with Crippen molar-refractivity contribution in [3.63, 3.8) is 0 Å². The lowest BCUT2D eigenvalue weighted by molar-refractivity contribution is -0.131. The number of hydrogen-bond donors (Lipinski definition) is 1. The van der Waals surface area contributed by atoms with Gasteiger partial charge in [0.15, 0.2) is 0 Å². The fraction of sp³-hybridized carbons (Fsp3) is 0.400. The van der Waals surface area contributed by atoms with E-state index in [4.69, 9.17) is 11.6 Å². The predicted octanol–water partition coefficient (Wildman–Crippen LogP) is 0.433. The Morgan fingerprint density at radius 3 is 3.00 bits per heavy atom. The maximum Gasteiger partial charge on any atom is 0.246 e. The van der Waals surface area contributed by atoms with Gasteiger partial charge in [-0.25, -0.2) is 0 Å². The standard InChI is InChI=1S/C5H7ClN2O/c1-8-5(9)2-4(6)3-7-8/h3,7H,2H2,1H3. The van der Waals surface area contributed by atoms with Crippen molar-refractivity contribution in [3.8, 4) is 0 Å². The lowest BCUT2D eigenvalue weighted by atomic mass is 10.3. The summed E-state index contributed by atoms with van der Waals surface area (Å²) in [5.41, 5.74) is 2.67. The summed E-state index contributed by atoms with van der Waals surface area (Å²) in [5, 5.41) is 1.95. The van der Waals surface area contributed by atoms with E-state index >= 15 is 0 Å². The summed E-state index contributed by atoms with van der Waals surface area (Å²) < 4.78 is 0. The van der Waals surface area contributed by atoms with E-state index in [0.717, 1.165) is 0 Å². The highest BCUT2D eigenvalue weighted by Gasteiger charge is 2.13. The third kappa shape index (κ3) is 1.36. The number of nitrogens with zero attached hydrogens (tertiary/aromatic N) is 1. The second kappa shape index (κ2) is 2.27. The maximum atomic E-state index is 10.7. The van der Waals surface area contributed by atoms with Crippen LogP contribution in [0.25, 0.3) is 0 Å². The second-order valence-electron chi connectivity index (χ2n) is 1.85. The number of rotatable bonds is 0. The molecular formula is C5H7ClN2O. The van der Waals surface area contributed by atoms with Gasteiger partial charge in [0.25, 0.3) is 0 Å². The number of carbonyl (C=O) groups is 1. The van der Waals surface area contributed by atoms with Crippen LogP contribution in [0.2, 0.25) is 0 Å². The fourth-order valence-electron chi connectivity index (χ4n) is 0.553. The van der Waals surface area contributed by atoms with Crippen LogP contribution in [0.3, 0.4) is 0 Å². The third-order valence-corrected chi connectivity index (χ3v) is 1.35. The summed E-state index contributed by atoms with van der Waals surface area (Å²) >= 11 is 5.53. The molecule has 0 fully saturated rings. The smallest absolute Gasteiger partial charge is 0.246 e. The minimum absolute atomic E-state index is 0.0116. The van der Waals surface area contributed by atoms with Crippen molar-refractivity contribution in [2.24, 2.45) is 0 Å². The first-order chi connectivity index (χ1) is 4.20. The van der Waals surface area contributed by atoms with Gasteiger partial charge in [0, 0.05) is 18.3 Å². The third-order valence-electron chi connectivity index (χ3n) is 1.11. The van der Waals surface area contributed by atoms with Gasteiger partial charge in [-0.2, -0.15) is 0 Å². The lowest BCUT2D eigenvalue weighted by Gasteiger charge is -2.20. The molecule has 0 saturated heterocycles. The van der Waals surface area contributed by atoms with Crippen molar-refractivity contribution >= 4 is 17.5 Å². The van der Waals surface area contributed by atoms with Gasteiger partial charge in [0.05, 0.1) is 6.42 Å². The van der Waals surface area contributed by atoms with E-state index in [9.17, 15) is 4.79 Å². The Morgan fingerprint density at radius 1 is 1.89 bits per heavy atom. The van der Waals surface area contributed by atoms with Gasteiger partial charge in [-0.3, -0.25) is 9.80 Å². The Hall–Kier alpha value is -0.700. The molecule has 0 radical (unpaired) electrons. The van der Waals surface area contributed by atoms with E-state index in [1.807, 2.05) is 0 Å². The van der Waals surface area contributed by atoms with Gasteiger partial charge in [0.2, 0.25) is 5.91 Å². The molecule has 0 aromatic carbocycles. The van der Waals surface area contributed by atoms with Gasteiger partial charge in [0.1, 0.15) is 0 Å². The zero-order chi connectivity index (χ0) is 6.85. The van der Waals surface area contributed by atoms with E-state index in [-0.39, 0.29) is 5.91 Å². The highest BCUT2D eigenvalue weighted by molar-refractivity contribution is 6.31. The molecule has 1 N–H and O–H groups in total. The molecule has 9 heavy (non-hydrogen) atoms. The minimum atomic E-state index is -0.0116. The van der Waals surface area contributed by atoms with Crippen LogP contribution in [0.5, 0.6) is 0 Å². The average molecular weight is 147 g/mol. The summed E-state index contributed by atoms with van der Waals surface area (Å²) in [5.74, 6) is -0.0116. The van der Waals surface area contributed by atoms with Crippen LogP contribution in [-0.2, 0) is 4.79 Å². The Balaban J connectivity index is 2.65. The molecule has 0 bridgehead atoms.